The van der Waals surface area contributed by atoms with Gasteiger partial charge in [0.25, 0.3) is 0 Å². The number of hydrogen-bond donors (Lipinski definition) is 0. The van der Waals surface area contributed by atoms with Gasteiger partial charge in [0.1, 0.15) is 11.2 Å². The van der Waals surface area contributed by atoms with Gasteiger partial charge in [-0.1, -0.05) is 81.4 Å². The number of carbonyl (C=O) groups is 1. The predicted molar refractivity (Wildman–Crippen MR) is 141 cm³/mol. The van der Waals surface area contributed by atoms with Gasteiger partial charge in [-0.15, -0.1) is 0 Å². The summed E-state index contributed by atoms with van der Waals surface area (Å²) < 4.78 is 5.76. The number of likely N-dealkylation sites (tertiary alicyclic amines) is 1. The average molecular weight is 469 g/mol. The first-order chi connectivity index (χ1) is 16.7. The first-order valence-electron chi connectivity index (χ1n) is 12.5. The van der Waals surface area contributed by atoms with E-state index in [9.17, 15) is 10.1 Å². The topological polar surface area (TPSA) is 53.3 Å². The number of methoxy groups -OCH3 is 1. The molecule has 0 saturated carbocycles. The van der Waals surface area contributed by atoms with Gasteiger partial charge in [0.15, 0.2) is 0 Å². The third-order valence-electron chi connectivity index (χ3n) is 7.54. The first-order valence-corrected chi connectivity index (χ1v) is 12.5. The van der Waals surface area contributed by atoms with E-state index >= 15 is 0 Å². The summed E-state index contributed by atoms with van der Waals surface area (Å²) in [6.07, 6.45) is 2.02. The Kier molecular flexibility index (Phi) is 6.90. The highest BCUT2D eigenvalue weighted by atomic mass is 16.5. The molecule has 3 unspecified atom stereocenters. The minimum absolute atomic E-state index is 0.00131. The summed E-state index contributed by atoms with van der Waals surface area (Å²) in [6.45, 7) is 9.85. The molecular formula is C31H36N2O2. The van der Waals surface area contributed by atoms with E-state index in [-0.39, 0.29) is 11.3 Å². The summed E-state index contributed by atoms with van der Waals surface area (Å²) in [7, 11) is 1.64. The van der Waals surface area contributed by atoms with Crippen molar-refractivity contribution in [2.24, 2.45) is 16.7 Å². The highest BCUT2D eigenvalue weighted by Gasteiger charge is 2.48. The fourth-order valence-corrected chi connectivity index (χ4v) is 6.02. The van der Waals surface area contributed by atoms with Crippen molar-refractivity contribution in [1.29, 1.82) is 5.26 Å². The normalized spacial score (nSPS) is 20.3. The molecule has 4 heteroatoms. The van der Waals surface area contributed by atoms with Crippen LogP contribution in [0.15, 0.2) is 66.7 Å². The molecule has 4 rings (SSSR count). The summed E-state index contributed by atoms with van der Waals surface area (Å²) in [5.74, 6) is 0.626. The van der Waals surface area contributed by atoms with Crippen molar-refractivity contribution in [1.82, 2.24) is 4.90 Å². The van der Waals surface area contributed by atoms with Crippen molar-refractivity contribution in [3.05, 3.63) is 77.9 Å². The molecule has 0 radical (unpaired) electrons. The lowest BCUT2D eigenvalue weighted by Gasteiger charge is -2.38. The molecule has 1 aliphatic rings. The zero-order valence-corrected chi connectivity index (χ0v) is 21.5. The lowest BCUT2D eigenvalue weighted by molar-refractivity contribution is -0.140. The highest BCUT2D eigenvalue weighted by molar-refractivity contribution is 5.91. The van der Waals surface area contributed by atoms with Gasteiger partial charge in [-0.3, -0.25) is 4.79 Å². The number of hydrogen-bond acceptors (Lipinski definition) is 3. The molecule has 3 aromatic carbocycles. The van der Waals surface area contributed by atoms with Gasteiger partial charge < -0.3 is 9.64 Å². The second kappa shape index (κ2) is 9.74. The number of amides is 1. The zero-order chi connectivity index (χ0) is 25.2. The fourth-order valence-electron chi connectivity index (χ4n) is 6.02. The number of carbonyl (C=O) groups excluding carboxylic acids is 1. The minimum atomic E-state index is -1.32. The van der Waals surface area contributed by atoms with Crippen molar-refractivity contribution in [2.75, 3.05) is 20.2 Å². The van der Waals surface area contributed by atoms with Crippen LogP contribution in [0.3, 0.4) is 0 Å². The molecule has 0 aliphatic carbocycles. The van der Waals surface area contributed by atoms with E-state index in [4.69, 9.17) is 4.74 Å². The Morgan fingerprint density at radius 2 is 1.74 bits per heavy atom. The molecule has 0 spiro atoms. The van der Waals surface area contributed by atoms with Crippen LogP contribution in [0.1, 0.15) is 57.6 Å². The third kappa shape index (κ3) is 4.78. The minimum Gasteiger partial charge on any atom is -0.496 e. The summed E-state index contributed by atoms with van der Waals surface area (Å²) in [5.41, 5.74) is 0.502. The maximum absolute atomic E-state index is 14.4. The van der Waals surface area contributed by atoms with Gasteiger partial charge >= 0.3 is 0 Å². The maximum Gasteiger partial charge on any atom is 0.243 e. The SMILES string of the molecule is COc1ccccc1C(c1cccc2ccccc12)C(C)(C#N)C(=O)N1CCC(C)CC(C)(C)C1. The van der Waals surface area contributed by atoms with Crippen molar-refractivity contribution < 1.29 is 9.53 Å². The number of benzene rings is 3. The molecular weight excluding hydrogens is 432 g/mol. The highest BCUT2D eigenvalue weighted by Crippen LogP contribution is 2.48. The molecule has 3 aromatic rings. The Labute approximate surface area is 209 Å². The van der Waals surface area contributed by atoms with E-state index in [1.807, 2.05) is 54.3 Å². The van der Waals surface area contributed by atoms with Crippen LogP contribution in [0.5, 0.6) is 5.75 Å². The molecule has 35 heavy (non-hydrogen) atoms. The molecule has 1 amide bonds. The van der Waals surface area contributed by atoms with E-state index in [0.717, 1.165) is 34.7 Å². The molecule has 1 fully saturated rings. The first kappa shape index (κ1) is 24.8. The van der Waals surface area contributed by atoms with Crippen LogP contribution in [-0.2, 0) is 4.79 Å². The molecule has 3 atom stereocenters. The van der Waals surface area contributed by atoms with Gasteiger partial charge in [-0.25, -0.2) is 0 Å². The Morgan fingerprint density at radius 3 is 2.49 bits per heavy atom. The summed E-state index contributed by atoms with van der Waals surface area (Å²) in [5, 5.41) is 12.9. The van der Waals surface area contributed by atoms with Gasteiger partial charge in [0.2, 0.25) is 5.91 Å². The van der Waals surface area contributed by atoms with Crippen molar-refractivity contribution in [3.63, 3.8) is 0 Å². The van der Waals surface area contributed by atoms with E-state index in [2.05, 4.69) is 51.1 Å². The second-order valence-electron chi connectivity index (χ2n) is 11.0. The van der Waals surface area contributed by atoms with E-state index in [1.165, 1.54) is 0 Å². The van der Waals surface area contributed by atoms with E-state index in [0.29, 0.717) is 24.8 Å². The molecule has 0 bridgehead atoms. The van der Waals surface area contributed by atoms with Crippen LogP contribution < -0.4 is 4.74 Å². The molecule has 0 N–H and O–H groups in total. The predicted octanol–water partition coefficient (Wildman–Crippen LogP) is 6.79. The maximum atomic E-state index is 14.4. The number of nitriles is 1. The Bertz CT molecular complexity index is 1250. The lowest BCUT2D eigenvalue weighted by atomic mass is 9.68. The molecule has 1 saturated heterocycles. The molecule has 1 heterocycles. The summed E-state index contributed by atoms with van der Waals surface area (Å²) >= 11 is 0. The molecule has 4 nitrogen and oxygen atoms in total. The van der Waals surface area contributed by atoms with Crippen molar-refractivity contribution in [2.45, 2.75) is 46.5 Å². The van der Waals surface area contributed by atoms with Crippen LogP contribution in [0.25, 0.3) is 10.8 Å². The number of ether oxygens (including phenoxy) is 1. The van der Waals surface area contributed by atoms with Gasteiger partial charge in [-0.05, 0) is 53.5 Å². The molecule has 182 valence electrons. The molecule has 1 aliphatic heterocycles. The second-order valence-corrected chi connectivity index (χ2v) is 11.0. The lowest BCUT2D eigenvalue weighted by Crippen LogP contribution is -2.48. The van der Waals surface area contributed by atoms with Crippen LogP contribution >= 0.6 is 0 Å². The third-order valence-corrected chi connectivity index (χ3v) is 7.54. The quantitative estimate of drug-likeness (QED) is 0.414. The average Bonchev–Trinajstić information content (AvgIpc) is 3.00. The summed E-state index contributed by atoms with van der Waals surface area (Å²) in [6, 6.07) is 24.6. The fraction of sp³-hybridized carbons (Fsp3) is 0.419. The van der Waals surface area contributed by atoms with E-state index in [1.54, 1.807) is 7.11 Å². The Morgan fingerprint density at radius 1 is 1.09 bits per heavy atom. The zero-order valence-electron chi connectivity index (χ0n) is 21.5. The Hall–Kier alpha value is -3.32. The van der Waals surface area contributed by atoms with E-state index < -0.39 is 11.3 Å². The van der Waals surface area contributed by atoms with Gasteiger partial charge in [0, 0.05) is 24.6 Å². The standard InChI is InChI=1S/C31H36N2O2/c1-22-17-18-33(21-30(2,3)19-22)29(34)31(4,20-32)28(26-14-8-9-16-27(26)35-5)25-15-10-12-23-11-6-7-13-24(23)25/h6-16,22,28H,17-19,21H2,1-5H3. The summed E-state index contributed by atoms with van der Waals surface area (Å²) in [4.78, 5) is 16.3. The number of rotatable bonds is 5. The Balaban J connectivity index is 1.92. The number of para-hydroxylation sites is 1. The monoisotopic (exact) mass is 468 g/mol. The number of nitrogens with zero attached hydrogens (tertiary/aromatic N) is 2. The van der Waals surface area contributed by atoms with Crippen LogP contribution in [-0.4, -0.2) is 31.0 Å². The van der Waals surface area contributed by atoms with Crippen LogP contribution in [0, 0.1) is 28.1 Å². The van der Waals surface area contributed by atoms with Crippen LogP contribution in [0.2, 0.25) is 0 Å². The smallest absolute Gasteiger partial charge is 0.243 e. The largest absolute Gasteiger partial charge is 0.496 e. The van der Waals surface area contributed by atoms with Gasteiger partial charge in [-0.2, -0.15) is 5.26 Å². The molecule has 0 aromatic heterocycles. The van der Waals surface area contributed by atoms with Crippen molar-refractivity contribution >= 4 is 16.7 Å². The van der Waals surface area contributed by atoms with Gasteiger partial charge in [0.05, 0.1) is 13.2 Å². The number of fused-ring (bicyclic) bond motifs is 1. The van der Waals surface area contributed by atoms with Crippen molar-refractivity contribution in [3.8, 4) is 11.8 Å². The van der Waals surface area contributed by atoms with Crippen LogP contribution in [0.4, 0.5) is 0 Å².